The van der Waals surface area contributed by atoms with Crippen LogP contribution in [-0.4, -0.2) is 55.1 Å². The minimum atomic E-state index is -0.801. The van der Waals surface area contributed by atoms with E-state index in [1.165, 1.54) is 11.0 Å². The number of carbonyl (C=O) groups excluding carboxylic acids is 2. The van der Waals surface area contributed by atoms with Crippen molar-refractivity contribution in [3.8, 4) is 0 Å². The zero-order chi connectivity index (χ0) is 18.0. The number of amides is 3. The average Bonchev–Trinajstić information content (AvgIpc) is 2.93. The number of methoxy groups -OCH3 is 1. The summed E-state index contributed by atoms with van der Waals surface area (Å²) in [5, 5.41) is 2.75. The molecule has 0 saturated heterocycles. The normalized spacial score (nSPS) is 20.0. The summed E-state index contributed by atoms with van der Waals surface area (Å²) >= 11 is 0. The summed E-state index contributed by atoms with van der Waals surface area (Å²) in [4.78, 5) is 28.5. The maximum Gasteiger partial charge on any atom is 0.322 e. The molecule has 0 aliphatic carbocycles. The quantitative estimate of drug-likeness (QED) is 0.800. The zero-order valence-corrected chi connectivity index (χ0v) is 14.0. The van der Waals surface area contributed by atoms with Gasteiger partial charge in [-0.05, 0) is 6.07 Å². The van der Waals surface area contributed by atoms with Crippen LogP contribution in [0.5, 0.6) is 0 Å². The number of nitrogens with zero attached hydrogens (tertiary/aromatic N) is 2. The Kier molecular flexibility index (Phi) is 4.85. The Morgan fingerprint density at radius 1 is 1.40 bits per heavy atom. The van der Waals surface area contributed by atoms with Gasteiger partial charge in [-0.25, -0.2) is 9.18 Å². The van der Waals surface area contributed by atoms with Crippen LogP contribution in [0.25, 0.3) is 0 Å². The van der Waals surface area contributed by atoms with Gasteiger partial charge in [-0.1, -0.05) is 24.3 Å². The third-order valence-electron chi connectivity index (χ3n) is 4.39. The molecule has 1 atom stereocenters. The van der Waals surface area contributed by atoms with E-state index in [1.807, 2.05) is 0 Å². The Balaban J connectivity index is 2.03. The third kappa shape index (κ3) is 3.02. The molecule has 1 N–H and O–H groups in total. The molecule has 1 aromatic carbocycles. The fraction of sp³-hybridized carbons (Fsp3) is 0.333. The number of urea groups is 1. The van der Waals surface area contributed by atoms with Crippen molar-refractivity contribution in [3.05, 3.63) is 59.6 Å². The van der Waals surface area contributed by atoms with Crippen LogP contribution in [0.15, 0.2) is 48.2 Å². The Hall–Kier alpha value is -2.67. The van der Waals surface area contributed by atoms with Gasteiger partial charge in [0.05, 0.1) is 30.5 Å². The highest BCUT2D eigenvalue weighted by atomic mass is 19.1. The zero-order valence-electron chi connectivity index (χ0n) is 14.0. The molecule has 25 heavy (non-hydrogen) atoms. The van der Waals surface area contributed by atoms with Crippen molar-refractivity contribution in [1.29, 1.82) is 0 Å². The van der Waals surface area contributed by atoms with Crippen LogP contribution in [0.4, 0.5) is 9.18 Å². The van der Waals surface area contributed by atoms with E-state index in [1.54, 1.807) is 36.3 Å². The predicted octanol–water partition coefficient (Wildman–Crippen LogP) is 1.82. The number of halogens is 1. The lowest BCUT2D eigenvalue weighted by Crippen LogP contribution is -2.47. The van der Waals surface area contributed by atoms with Gasteiger partial charge >= 0.3 is 6.03 Å². The largest absolute Gasteiger partial charge is 0.383 e. The molecule has 0 radical (unpaired) electrons. The Labute approximate surface area is 145 Å². The number of benzene rings is 1. The summed E-state index contributed by atoms with van der Waals surface area (Å²) in [6.07, 6.45) is 1.59. The van der Waals surface area contributed by atoms with Crippen LogP contribution < -0.4 is 5.32 Å². The van der Waals surface area contributed by atoms with E-state index in [9.17, 15) is 14.0 Å². The van der Waals surface area contributed by atoms with Crippen molar-refractivity contribution >= 4 is 11.9 Å². The van der Waals surface area contributed by atoms with Crippen molar-refractivity contribution < 1.29 is 18.7 Å². The molecule has 0 saturated carbocycles. The van der Waals surface area contributed by atoms with Gasteiger partial charge in [0, 0.05) is 25.8 Å². The van der Waals surface area contributed by atoms with Crippen molar-refractivity contribution in [3.63, 3.8) is 0 Å². The number of nitrogens with one attached hydrogen (secondary N) is 1. The minimum Gasteiger partial charge on any atom is -0.383 e. The number of rotatable bonds is 6. The lowest BCUT2D eigenvalue weighted by Gasteiger charge is -2.33. The highest BCUT2D eigenvalue weighted by Crippen LogP contribution is 2.36. The summed E-state index contributed by atoms with van der Waals surface area (Å²) in [5.74, 6) is -0.672. The smallest absolute Gasteiger partial charge is 0.322 e. The molecule has 2 heterocycles. The third-order valence-corrected chi connectivity index (χ3v) is 4.39. The Morgan fingerprint density at radius 2 is 2.16 bits per heavy atom. The van der Waals surface area contributed by atoms with Crippen LogP contribution in [0.2, 0.25) is 0 Å². The predicted molar refractivity (Wildman–Crippen MR) is 90.1 cm³/mol. The van der Waals surface area contributed by atoms with Crippen molar-refractivity contribution in [1.82, 2.24) is 15.1 Å². The lowest BCUT2D eigenvalue weighted by atomic mass is 9.95. The molecular formula is C18H20FN3O3. The lowest BCUT2D eigenvalue weighted by molar-refractivity contribution is -0.126. The van der Waals surface area contributed by atoms with Crippen LogP contribution in [-0.2, 0) is 9.53 Å². The molecule has 6 nitrogen and oxygen atoms in total. The summed E-state index contributed by atoms with van der Waals surface area (Å²) in [7, 11) is 1.56. The van der Waals surface area contributed by atoms with Crippen LogP contribution in [0.3, 0.4) is 0 Å². The molecule has 7 heteroatoms. The molecule has 0 aromatic heterocycles. The average molecular weight is 345 g/mol. The molecule has 1 unspecified atom stereocenters. The first kappa shape index (κ1) is 17.2. The summed E-state index contributed by atoms with van der Waals surface area (Å²) < 4.78 is 19.3. The highest BCUT2D eigenvalue weighted by Gasteiger charge is 2.44. The molecule has 132 valence electrons. The fourth-order valence-electron chi connectivity index (χ4n) is 3.20. The monoisotopic (exact) mass is 345 g/mol. The van der Waals surface area contributed by atoms with E-state index in [4.69, 9.17) is 4.74 Å². The SMILES string of the molecule is C=CCN1C(=O)NC(c2ccccc2F)C2=C1CN(CCOC)C2=O. The molecule has 0 fully saturated rings. The van der Waals surface area contributed by atoms with Crippen molar-refractivity contribution in [2.24, 2.45) is 0 Å². The second kappa shape index (κ2) is 7.06. The van der Waals surface area contributed by atoms with E-state index >= 15 is 0 Å². The molecule has 1 aromatic rings. The van der Waals surface area contributed by atoms with Gasteiger partial charge in [0.15, 0.2) is 0 Å². The number of hydrogen-bond donors (Lipinski definition) is 1. The summed E-state index contributed by atoms with van der Waals surface area (Å²) in [6, 6.07) is 4.99. The van der Waals surface area contributed by atoms with Gasteiger partial charge in [0.1, 0.15) is 5.82 Å². The first-order valence-electron chi connectivity index (χ1n) is 8.03. The molecule has 2 aliphatic rings. The van der Waals surface area contributed by atoms with E-state index in [-0.39, 0.29) is 24.0 Å². The van der Waals surface area contributed by atoms with Crippen LogP contribution in [0.1, 0.15) is 11.6 Å². The summed E-state index contributed by atoms with van der Waals surface area (Å²) in [5.41, 5.74) is 1.28. The van der Waals surface area contributed by atoms with Gasteiger partial charge in [-0.2, -0.15) is 0 Å². The number of ether oxygens (including phenoxy) is 1. The van der Waals surface area contributed by atoms with Gasteiger partial charge in [0.25, 0.3) is 5.91 Å². The highest BCUT2D eigenvalue weighted by molar-refractivity contribution is 6.01. The number of carbonyl (C=O) groups is 2. The fourth-order valence-corrected chi connectivity index (χ4v) is 3.20. The number of hydrogen-bond acceptors (Lipinski definition) is 3. The van der Waals surface area contributed by atoms with Gasteiger partial charge in [-0.15, -0.1) is 6.58 Å². The second-order valence-electron chi connectivity index (χ2n) is 5.88. The van der Waals surface area contributed by atoms with E-state index < -0.39 is 11.9 Å². The second-order valence-corrected chi connectivity index (χ2v) is 5.88. The van der Waals surface area contributed by atoms with E-state index in [2.05, 4.69) is 11.9 Å². The van der Waals surface area contributed by atoms with E-state index in [0.29, 0.717) is 31.0 Å². The maximum absolute atomic E-state index is 14.3. The Morgan fingerprint density at radius 3 is 2.84 bits per heavy atom. The van der Waals surface area contributed by atoms with Crippen molar-refractivity contribution in [2.75, 3.05) is 33.4 Å². The Bertz CT molecular complexity index is 747. The standard InChI is InChI=1S/C18H20FN3O3/c1-3-8-22-14-11-21(9-10-25-2)17(23)15(14)16(20-18(22)24)12-6-4-5-7-13(12)19/h3-7,16H,1,8-11H2,2H3,(H,20,24). The first-order valence-corrected chi connectivity index (χ1v) is 8.03. The van der Waals surface area contributed by atoms with Gasteiger partial charge in [-0.3, -0.25) is 9.69 Å². The molecule has 2 aliphatic heterocycles. The molecule has 3 rings (SSSR count). The van der Waals surface area contributed by atoms with E-state index in [0.717, 1.165) is 0 Å². The maximum atomic E-state index is 14.3. The summed E-state index contributed by atoms with van der Waals surface area (Å²) in [6.45, 7) is 5.03. The topological polar surface area (TPSA) is 61.9 Å². The van der Waals surface area contributed by atoms with Gasteiger partial charge in [0.2, 0.25) is 0 Å². The van der Waals surface area contributed by atoms with Crippen LogP contribution >= 0.6 is 0 Å². The molecule has 0 bridgehead atoms. The molecule has 0 spiro atoms. The molecular weight excluding hydrogens is 325 g/mol. The first-order chi connectivity index (χ1) is 12.1. The van der Waals surface area contributed by atoms with Crippen molar-refractivity contribution in [2.45, 2.75) is 6.04 Å². The molecule has 3 amide bonds. The van der Waals surface area contributed by atoms with Crippen LogP contribution in [0, 0.1) is 5.82 Å². The minimum absolute atomic E-state index is 0.214. The van der Waals surface area contributed by atoms with Gasteiger partial charge < -0.3 is 15.0 Å².